The molecule has 1 N–H and O–H groups in total. The van der Waals surface area contributed by atoms with Crippen molar-refractivity contribution >= 4 is 15.7 Å². The number of furan rings is 1. The maximum absolute atomic E-state index is 12.4. The monoisotopic (exact) mass is 359 g/mol. The summed E-state index contributed by atoms with van der Waals surface area (Å²) in [7, 11) is -3.82. The highest BCUT2D eigenvalue weighted by Gasteiger charge is 2.27. The van der Waals surface area contributed by atoms with Crippen LogP contribution in [0.5, 0.6) is 0 Å². The SMILES string of the molecule is Cc1ccc(NS(=O)(=O)c2ccc(-c3nnc(C4CCC4)o3)o2)cc1. The molecule has 8 heteroatoms. The van der Waals surface area contributed by atoms with Crippen LogP contribution in [0.2, 0.25) is 0 Å². The van der Waals surface area contributed by atoms with Crippen molar-refractivity contribution in [3.8, 4) is 11.7 Å². The highest BCUT2D eigenvalue weighted by Crippen LogP contribution is 2.36. The van der Waals surface area contributed by atoms with Crippen LogP contribution < -0.4 is 4.72 Å². The fourth-order valence-corrected chi connectivity index (χ4v) is 3.55. The van der Waals surface area contributed by atoms with Gasteiger partial charge in [-0.15, -0.1) is 10.2 Å². The second-order valence-electron chi connectivity index (χ2n) is 6.16. The predicted octanol–water partition coefficient (Wildman–Crippen LogP) is 3.71. The zero-order valence-electron chi connectivity index (χ0n) is 13.6. The molecule has 4 rings (SSSR count). The van der Waals surface area contributed by atoms with E-state index in [4.69, 9.17) is 8.83 Å². The van der Waals surface area contributed by atoms with Gasteiger partial charge in [0.1, 0.15) is 0 Å². The summed E-state index contributed by atoms with van der Waals surface area (Å²) in [5.41, 5.74) is 1.51. The normalized spacial score (nSPS) is 15.1. The van der Waals surface area contributed by atoms with Gasteiger partial charge < -0.3 is 8.83 Å². The molecule has 0 radical (unpaired) electrons. The number of sulfonamides is 1. The van der Waals surface area contributed by atoms with Gasteiger partial charge in [0.15, 0.2) is 5.76 Å². The van der Waals surface area contributed by atoms with E-state index in [1.54, 1.807) is 12.1 Å². The second-order valence-corrected chi connectivity index (χ2v) is 7.78. The third-order valence-electron chi connectivity index (χ3n) is 4.26. The second kappa shape index (κ2) is 6.03. The van der Waals surface area contributed by atoms with E-state index in [0.29, 0.717) is 17.5 Å². The zero-order valence-corrected chi connectivity index (χ0v) is 14.4. The van der Waals surface area contributed by atoms with Crippen LogP contribution >= 0.6 is 0 Å². The standard InChI is InChI=1S/C17H17N3O4S/c1-11-5-7-13(8-6-11)20-25(21,22)15-10-9-14(23-15)17-19-18-16(24-17)12-3-2-4-12/h5-10,12,20H,2-4H2,1H3. The van der Waals surface area contributed by atoms with Crippen LogP contribution in [0.4, 0.5) is 5.69 Å². The van der Waals surface area contributed by atoms with Gasteiger partial charge in [-0.3, -0.25) is 4.72 Å². The molecule has 0 unspecified atom stereocenters. The number of rotatable bonds is 5. The summed E-state index contributed by atoms with van der Waals surface area (Å²) in [6.07, 6.45) is 3.25. The topological polar surface area (TPSA) is 98.2 Å². The van der Waals surface area contributed by atoms with Gasteiger partial charge in [0, 0.05) is 11.6 Å². The van der Waals surface area contributed by atoms with Crippen LogP contribution in [0.15, 0.2) is 50.3 Å². The first-order valence-electron chi connectivity index (χ1n) is 8.04. The average molecular weight is 359 g/mol. The van der Waals surface area contributed by atoms with Crippen molar-refractivity contribution in [3.63, 3.8) is 0 Å². The van der Waals surface area contributed by atoms with Crippen molar-refractivity contribution < 1.29 is 17.3 Å². The van der Waals surface area contributed by atoms with Gasteiger partial charge in [-0.25, -0.2) is 0 Å². The first kappa shape index (κ1) is 15.9. The van der Waals surface area contributed by atoms with Crippen molar-refractivity contribution in [2.45, 2.75) is 37.2 Å². The van der Waals surface area contributed by atoms with E-state index in [0.717, 1.165) is 24.8 Å². The molecule has 25 heavy (non-hydrogen) atoms. The molecule has 1 aliphatic rings. The average Bonchev–Trinajstić information content (AvgIpc) is 3.17. The summed E-state index contributed by atoms with van der Waals surface area (Å²) in [5.74, 6) is 1.32. The molecule has 130 valence electrons. The van der Waals surface area contributed by atoms with E-state index >= 15 is 0 Å². The van der Waals surface area contributed by atoms with Gasteiger partial charge in [0.2, 0.25) is 11.0 Å². The lowest BCUT2D eigenvalue weighted by molar-refractivity contribution is 0.334. The van der Waals surface area contributed by atoms with Crippen LogP contribution in [0, 0.1) is 6.92 Å². The number of anilines is 1. The Balaban J connectivity index is 1.55. The Morgan fingerprint density at radius 2 is 1.80 bits per heavy atom. The van der Waals surface area contributed by atoms with Crippen molar-refractivity contribution in [3.05, 3.63) is 47.9 Å². The quantitative estimate of drug-likeness (QED) is 0.746. The van der Waals surface area contributed by atoms with E-state index in [9.17, 15) is 8.42 Å². The Morgan fingerprint density at radius 1 is 1.04 bits per heavy atom. The molecule has 0 aliphatic heterocycles. The molecule has 1 saturated carbocycles. The largest absolute Gasteiger partial charge is 0.438 e. The molecule has 1 aromatic carbocycles. The Bertz CT molecular complexity index is 985. The lowest BCUT2D eigenvalue weighted by Crippen LogP contribution is -2.11. The lowest BCUT2D eigenvalue weighted by Gasteiger charge is -2.20. The van der Waals surface area contributed by atoms with E-state index in [-0.39, 0.29) is 16.7 Å². The third-order valence-corrected chi connectivity index (χ3v) is 5.51. The highest BCUT2D eigenvalue weighted by molar-refractivity contribution is 7.92. The highest BCUT2D eigenvalue weighted by atomic mass is 32.2. The Hall–Kier alpha value is -2.61. The molecule has 2 aromatic heterocycles. The van der Waals surface area contributed by atoms with Gasteiger partial charge in [-0.2, -0.15) is 8.42 Å². The number of hydrogen-bond acceptors (Lipinski definition) is 6. The van der Waals surface area contributed by atoms with Crippen molar-refractivity contribution in [1.29, 1.82) is 0 Å². The first-order valence-corrected chi connectivity index (χ1v) is 9.53. The molecular formula is C17H17N3O4S. The number of hydrogen-bond donors (Lipinski definition) is 1. The maximum atomic E-state index is 12.4. The number of aromatic nitrogens is 2. The molecule has 0 bridgehead atoms. The summed E-state index contributed by atoms with van der Waals surface area (Å²) < 4.78 is 38.4. The summed E-state index contributed by atoms with van der Waals surface area (Å²) in [6, 6.07) is 9.93. The lowest BCUT2D eigenvalue weighted by atomic mass is 9.85. The Morgan fingerprint density at radius 3 is 2.48 bits per heavy atom. The molecule has 0 saturated heterocycles. The van der Waals surface area contributed by atoms with Crippen LogP contribution in [0.25, 0.3) is 11.7 Å². The molecule has 0 atom stereocenters. The molecular weight excluding hydrogens is 342 g/mol. The van der Waals surface area contributed by atoms with E-state index in [1.165, 1.54) is 12.1 Å². The minimum atomic E-state index is -3.82. The minimum absolute atomic E-state index is 0.193. The van der Waals surface area contributed by atoms with Crippen LogP contribution in [-0.2, 0) is 10.0 Å². The van der Waals surface area contributed by atoms with Gasteiger partial charge >= 0.3 is 0 Å². The minimum Gasteiger partial charge on any atom is -0.438 e. The van der Waals surface area contributed by atoms with Crippen molar-refractivity contribution in [2.24, 2.45) is 0 Å². The third kappa shape index (κ3) is 3.17. The predicted molar refractivity (Wildman–Crippen MR) is 90.6 cm³/mol. The molecule has 3 aromatic rings. The maximum Gasteiger partial charge on any atom is 0.295 e. The molecule has 2 heterocycles. The van der Waals surface area contributed by atoms with E-state index < -0.39 is 10.0 Å². The Labute approximate surface area is 145 Å². The molecule has 0 spiro atoms. The molecule has 1 aliphatic carbocycles. The summed E-state index contributed by atoms with van der Waals surface area (Å²) >= 11 is 0. The summed E-state index contributed by atoms with van der Waals surface area (Å²) in [6.45, 7) is 1.93. The molecule has 0 amide bonds. The van der Waals surface area contributed by atoms with E-state index in [2.05, 4.69) is 14.9 Å². The smallest absolute Gasteiger partial charge is 0.295 e. The fraction of sp³-hybridized carbons (Fsp3) is 0.294. The molecule has 7 nitrogen and oxygen atoms in total. The van der Waals surface area contributed by atoms with E-state index in [1.807, 2.05) is 19.1 Å². The van der Waals surface area contributed by atoms with Crippen LogP contribution in [0.1, 0.15) is 36.6 Å². The fourth-order valence-electron chi connectivity index (χ4n) is 2.56. The summed E-state index contributed by atoms with van der Waals surface area (Å²) in [4.78, 5) is 0. The van der Waals surface area contributed by atoms with Crippen LogP contribution in [0.3, 0.4) is 0 Å². The van der Waals surface area contributed by atoms with Gasteiger partial charge in [-0.05, 0) is 44.0 Å². The van der Waals surface area contributed by atoms with Crippen LogP contribution in [-0.4, -0.2) is 18.6 Å². The number of nitrogens with one attached hydrogen (secondary N) is 1. The van der Waals surface area contributed by atoms with Gasteiger partial charge in [0.05, 0.1) is 0 Å². The Kier molecular flexibility index (Phi) is 3.84. The number of benzene rings is 1. The number of aryl methyl sites for hydroxylation is 1. The van der Waals surface area contributed by atoms with Gasteiger partial charge in [-0.1, -0.05) is 24.1 Å². The summed E-state index contributed by atoms with van der Waals surface area (Å²) in [5, 5.41) is 7.77. The van der Waals surface area contributed by atoms with Crippen molar-refractivity contribution in [1.82, 2.24) is 10.2 Å². The number of nitrogens with zero attached hydrogens (tertiary/aromatic N) is 2. The zero-order chi connectivity index (χ0) is 17.4. The van der Waals surface area contributed by atoms with Gasteiger partial charge in [0.25, 0.3) is 15.9 Å². The first-order chi connectivity index (χ1) is 12.0. The molecule has 1 fully saturated rings. The van der Waals surface area contributed by atoms with Crippen molar-refractivity contribution in [2.75, 3.05) is 4.72 Å².